The van der Waals surface area contributed by atoms with Crippen LogP contribution in [0.5, 0.6) is 0 Å². The van der Waals surface area contributed by atoms with Crippen LogP contribution in [0.2, 0.25) is 5.28 Å². The van der Waals surface area contributed by atoms with Crippen LogP contribution < -0.4 is 5.48 Å². The summed E-state index contributed by atoms with van der Waals surface area (Å²) in [6.45, 7) is 3.88. The van der Waals surface area contributed by atoms with Gasteiger partial charge in [-0.25, -0.2) is 15.4 Å². The minimum Gasteiger partial charge on any atom is -0.274 e. The molecule has 0 atom stereocenters. The maximum atomic E-state index is 11.3. The Kier molecular flexibility index (Phi) is 3.79. The summed E-state index contributed by atoms with van der Waals surface area (Å²) < 4.78 is 0. The first-order valence-corrected chi connectivity index (χ1v) is 4.44. The van der Waals surface area contributed by atoms with Crippen LogP contribution >= 0.6 is 11.6 Å². The van der Waals surface area contributed by atoms with E-state index in [2.05, 4.69) is 15.4 Å². The summed E-state index contributed by atoms with van der Waals surface area (Å²) in [5.41, 5.74) is 3.04. The minimum absolute atomic E-state index is 0.0478. The molecule has 76 valence electrons. The number of nitrogens with zero attached hydrogens (tertiary/aromatic N) is 2. The molecule has 0 spiro atoms. The number of aromatic nitrogens is 2. The molecule has 0 bridgehead atoms. The van der Waals surface area contributed by atoms with Gasteiger partial charge in [0.05, 0.1) is 6.61 Å². The van der Waals surface area contributed by atoms with Gasteiger partial charge in [-0.3, -0.25) is 9.63 Å². The zero-order chi connectivity index (χ0) is 10.6. The van der Waals surface area contributed by atoms with Crippen molar-refractivity contribution in [1.82, 2.24) is 15.4 Å². The summed E-state index contributed by atoms with van der Waals surface area (Å²) in [5, 5.41) is 0.0478. The Hall–Kier alpha value is -1.20. The molecule has 1 rings (SSSR count). The second kappa shape index (κ2) is 4.88. The van der Waals surface area contributed by atoms with Crippen LogP contribution in [-0.2, 0) is 4.84 Å². The third-order valence-electron chi connectivity index (χ3n) is 1.37. The molecular formula is C8H10ClN3O2. The van der Waals surface area contributed by atoms with Crippen LogP contribution in [0.15, 0.2) is 6.07 Å². The number of rotatable bonds is 3. The molecule has 5 nitrogen and oxygen atoms in total. The standard InChI is InChI=1S/C8H10ClN3O2/c1-3-14-12-7(13)6-4-5(2)10-8(9)11-6/h4H,3H2,1-2H3,(H,12,13). The minimum atomic E-state index is -0.431. The highest BCUT2D eigenvalue weighted by atomic mass is 35.5. The number of hydrogen-bond donors (Lipinski definition) is 1. The maximum Gasteiger partial charge on any atom is 0.293 e. The predicted octanol–water partition coefficient (Wildman–Crippen LogP) is 1.12. The first-order valence-electron chi connectivity index (χ1n) is 4.06. The summed E-state index contributed by atoms with van der Waals surface area (Å²) in [5.74, 6) is -0.431. The van der Waals surface area contributed by atoms with Crippen LogP contribution in [0.25, 0.3) is 0 Å². The molecular weight excluding hydrogens is 206 g/mol. The monoisotopic (exact) mass is 215 g/mol. The molecule has 1 aromatic rings. The Labute approximate surface area is 86.4 Å². The van der Waals surface area contributed by atoms with Crippen molar-refractivity contribution in [2.45, 2.75) is 13.8 Å². The first-order chi connectivity index (χ1) is 6.63. The number of hydrogen-bond acceptors (Lipinski definition) is 4. The largest absolute Gasteiger partial charge is 0.293 e. The lowest BCUT2D eigenvalue weighted by atomic mass is 10.3. The van der Waals surface area contributed by atoms with Crippen LogP contribution in [-0.4, -0.2) is 22.5 Å². The molecule has 6 heteroatoms. The predicted molar refractivity (Wildman–Crippen MR) is 50.9 cm³/mol. The number of aryl methyl sites for hydroxylation is 1. The fourth-order valence-corrected chi connectivity index (χ4v) is 1.06. The molecule has 0 fully saturated rings. The normalized spacial score (nSPS) is 9.93. The van der Waals surface area contributed by atoms with Crippen molar-refractivity contribution < 1.29 is 9.63 Å². The smallest absolute Gasteiger partial charge is 0.274 e. The summed E-state index contributed by atoms with van der Waals surface area (Å²) in [4.78, 5) is 23.6. The quantitative estimate of drug-likeness (QED) is 0.606. The summed E-state index contributed by atoms with van der Waals surface area (Å²) >= 11 is 5.59. The third kappa shape index (κ3) is 2.93. The molecule has 1 amide bonds. The van der Waals surface area contributed by atoms with E-state index in [0.717, 1.165) is 0 Å². The summed E-state index contributed by atoms with van der Waals surface area (Å²) in [6.07, 6.45) is 0. The number of hydroxylamine groups is 1. The van der Waals surface area contributed by atoms with E-state index >= 15 is 0 Å². The van der Waals surface area contributed by atoms with Crippen LogP contribution in [0, 0.1) is 6.92 Å². The third-order valence-corrected chi connectivity index (χ3v) is 1.54. The van der Waals surface area contributed by atoms with Crippen molar-refractivity contribution in [3.05, 3.63) is 22.7 Å². The van der Waals surface area contributed by atoms with Crippen molar-refractivity contribution in [1.29, 1.82) is 0 Å². The zero-order valence-corrected chi connectivity index (χ0v) is 8.63. The summed E-state index contributed by atoms with van der Waals surface area (Å²) in [7, 11) is 0. The van der Waals surface area contributed by atoms with Gasteiger partial charge >= 0.3 is 0 Å². The van der Waals surface area contributed by atoms with Crippen molar-refractivity contribution in [2.24, 2.45) is 0 Å². The van der Waals surface area contributed by atoms with E-state index in [4.69, 9.17) is 16.4 Å². The van der Waals surface area contributed by atoms with E-state index in [1.807, 2.05) is 0 Å². The SMILES string of the molecule is CCONC(=O)c1cc(C)nc(Cl)n1. The molecule has 1 heterocycles. The first kappa shape index (κ1) is 10.9. The number of amides is 1. The van der Waals surface area contributed by atoms with Crippen molar-refractivity contribution >= 4 is 17.5 Å². The highest BCUT2D eigenvalue weighted by Crippen LogP contribution is 2.04. The lowest BCUT2D eigenvalue weighted by Gasteiger charge is -2.03. The van der Waals surface area contributed by atoms with Gasteiger partial charge in [-0.05, 0) is 31.5 Å². The van der Waals surface area contributed by atoms with Crippen molar-refractivity contribution in [3.63, 3.8) is 0 Å². The van der Waals surface area contributed by atoms with Gasteiger partial charge in [0.15, 0.2) is 0 Å². The van der Waals surface area contributed by atoms with E-state index < -0.39 is 5.91 Å². The van der Waals surface area contributed by atoms with E-state index in [1.54, 1.807) is 13.8 Å². The molecule has 0 aliphatic heterocycles. The van der Waals surface area contributed by atoms with Crippen LogP contribution in [0.1, 0.15) is 23.1 Å². The van der Waals surface area contributed by atoms with E-state index in [1.165, 1.54) is 6.07 Å². The van der Waals surface area contributed by atoms with Gasteiger partial charge in [-0.15, -0.1) is 0 Å². The highest BCUT2D eigenvalue weighted by Gasteiger charge is 2.08. The van der Waals surface area contributed by atoms with Gasteiger partial charge in [0.1, 0.15) is 5.69 Å². The second-order valence-electron chi connectivity index (χ2n) is 2.53. The fraction of sp³-hybridized carbons (Fsp3) is 0.375. The molecule has 1 N–H and O–H groups in total. The Balaban J connectivity index is 2.79. The van der Waals surface area contributed by atoms with Crippen LogP contribution in [0.4, 0.5) is 0 Å². The number of halogens is 1. The molecule has 0 radical (unpaired) electrons. The van der Waals surface area contributed by atoms with Crippen molar-refractivity contribution in [3.8, 4) is 0 Å². The zero-order valence-electron chi connectivity index (χ0n) is 7.87. The van der Waals surface area contributed by atoms with E-state index in [-0.39, 0.29) is 11.0 Å². The number of carbonyl (C=O) groups is 1. The maximum absolute atomic E-state index is 11.3. The van der Waals surface area contributed by atoms with Gasteiger partial charge in [0, 0.05) is 5.69 Å². The molecule has 0 aliphatic rings. The molecule has 0 aliphatic carbocycles. The Morgan fingerprint density at radius 2 is 2.36 bits per heavy atom. The Morgan fingerprint density at radius 3 is 2.93 bits per heavy atom. The van der Waals surface area contributed by atoms with Crippen LogP contribution in [0.3, 0.4) is 0 Å². The molecule has 14 heavy (non-hydrogen) atoms. The topological polar surface area (TPSA) is 64.1 Å². The fourth-order valence-electron chi connectivity index (χ4n) is 0.839. The average molecular weight is 216 g/mol. The highest BCUT2D eigenvalue weighted by molar-refractivity contribution is 6.28. The second-order valence-corrected chi connectivity index (χ2v) is 2.87. The van der Waals surface area contributed by atoms with Gasteiger partial charge in [-0.2, -0.15) is 0 Å². The Morgan fingerprint density at radius 1 is 1.64 bits per heavy atom. The molecule has 0 unspecified atom stereocenters. The molecule has 0 aromatic carbocycles. The van der Waals surface area contributed by atoms with Crippen molar-refractivity contribution in [2.75, 3.05) is 6.61 Å². The van der Waals surface area contributed by atoms with Gasteiger partial charge in [-0.1, -0.05) is 0 Å². The Bertz CT molecular complexity index is 323. The lowest BCUT2D eigenvalue weighted by Crippen LogP contribution is -2.24. The lowest BCUT2D eigenvalue weighted by molar-refractivity contribution is 0.0359. The van der Waals surface area contributed by atoms with Gasteiger partial charge in [0.25, 0.3) is 5.91 Å². The average Bonchev–Trinajstić information content (AvgIpc) is 2.12. The summed E-state index contributed by atoms with van der Waals surface area (Å²) in [6, 6.07) is 1.53. The number of carbonyl (C=O) groups excluding carboxylic acids is 1. The van der Waals surface area contributed by atoms with Gasteiger partial charge in [0.2, 0.25) is 5.28 Å². The number of nitrogens with one attached hydrogen (secondary N) is 1. The molecule has 0 saturated carbocycles. The van der Waals surface area contributed by atoms with E-state index in [0.29, 0.717) is 12.3 Å². The van der Waals surface area contributed by atoms with Gasteiger partial charge < -0.3 is 0 Å². The molecule has 1 aromatic heterocycles. The molecule has 0 saturated heterocycles. The van der Waals surface area contributed by atoms with E-state index in [9.17, 15) is 4.79 Å².